The summed E-state index contributed by atoms with van der Waals surface area (Å²) in [6, 6.07) is 0. The van der Waals surface area contributed by atoms with Gasteiger partial charge in [-0.25, -0.2) is 0 Å². The first kappa shape index (κ1) is 13.7. The van der Waals surface area contributed by atoms with E-state index in [1.54, 1.807) is 0 Å². The van der Waals surface area contributed by atoms with Gasteiger partial charge in [-0.1, -0.05) is 0 Å². The van der Waals surface area contributed by atoms with E-state index in [0.717, 1.165) is 11.8 Å². The third-order valence-corrected chi connectivity index (χ3v) is 6.73. The second kappa shape index (κ2) is 4.65. The van der Waals surface area contributed by atoms with E-state index < -0.39 is 0 Å². The molecule has 4 saturated carbocycles. The molecule has 19 heavy (non-hydrogen) atoms. The Morgan fingerprint density at radius 1 is 1.11 bits per heavy atom. The quantitative estimate of drug-likeness (QED) is 0.726. The summed E-state index contributed by atoms with van der Waals surface area (Å²) in [4.78, 5) is 14.8. The van der Waals surface area contributed by atoms with E-state index in [1.165, 1.54) is 32.1 Å². The third-order valence-electron chi connectivity index (χ3n) is 6.08. The number of alkyl halides is 1. The average molecular weight is 284 g/mol. The van der Waals surface area contributed by atoms with Crippen LogP contribution in [0.2, 0.25) is 0 Å². The molecule has 0 saturated heterocycles. The number of carbonyl (C=O) groups is 1. The van der Waals surface area contributed by atoms with Gasteiger partial charge in [-0.2, -0.15) is 0 Å². The number of amides is 1. The van der Waals surface area contributed by atoms with E-state index in [1.807, 2.05) is 11.9 Å². The second-order valence-electron chi connectivity index (χ2n) is 7.80. The Morgan fingerprint density at radius 2 is 1.58 bits per heavy atom. The number of halogens is 1. The maximum atomic E-state index is 12.9. The van der Waals surface area contributed by atoms with Crippen molar-refractivity contribution >= 4 is 17.5 Å². The van der Waals surface area contributed by atoms with E-state index in [4.69, 9.17) is 11.6 Å². The van der Waals surface area contributed by atoms with Crippen molar-refractivity contribution < 1.29 is 4.79 Å². The molecule has 4 aliphatic carbocycles. The normalized spacial score (nSPS) is 40.5. The van der Waals surface area contributed by atoms with Crippen LogP contribution in [0.4, 0.5) is 0 Å². The van der Waals surface area contributed by atoms with Gasteiger partial charge >= 0.3 is 0 Å². The van der Waals surface area contributed by atoms with Crippen LogP contribution in [0, 0.1) is 29.6 Å². The molecule has 4 rings (SSSR count). The summed E-state index contributed by atoms with van der Waals surface area (Å²) in [6.45, 7) is 4.13. The Hall–Kier alpha value is -0.240. The largest absolute Gasteiger partial charge is 0.339 e. The van der Waals surface area contributed by atoms with E-state index in [2.05, 4.69) is 13.8 Å². The van der Waals surface area contributed by atoms with Crippen molar-refractivity contribution in [3.05, 3.63) is 0 Å². The van der Waals surface area contributed by atoms with Gasteiger partial charge in [-0.05, 0) is 69.6 Å². The Bertz CT molecular complexity index is 351. The van der Waals surface area contributed by atoms with E-state index in [9.17, 15) is 4.79 Å². The number of rotatable bonds is 3. The molecule has 0 spiro atoms. The molecule has 0 aromatic heterocycles. The molecule has 0 aromatic carbocycles. The lowest BCUT2D eigenvalue weighted by atomic mass is 9.51. The minimum atomic E-state index is -0.229. The lowest BCUT2D eigenvalue weighted by molar-refractivity contribution is -0.151. The second-order valence-corrected chi connectivity index (χ2v) is 8.07. The maximum Gasteiger partial charge on any atom is 0.226 e. The predicted molar refractivity (Wildman–Crippen MR) is 78.1 cm³/mol. The van der Waals surface area contributed by atoms with Crippen LogP contribution in [-0.2, 0) is 4.79 Å². The lowest BCUT2D eigenvalue weighted by Crippen LogP contribution is -2.55. The van der Waals surface area contributed by atoms with Gasteiger partial charge in [0.05, 0.1) is 5.54 Å². The van der Waals surface area contributed by atoms with Crippen LogP contribution < -0.4 is 0 Å². The fourth-order valence-corrected chi connectivity index (χ4v) is 5.12. The first-order valence-corrected chi connectivity index (χ1v) is 8.29. The number of nitrogens with zero attached hydrogens (tertiary/aromatic N) is 1. The van der Waals surface area contributed by atoms with Gasteiger partial charge in [0, 0.05) is 18.8 Å². The van der Waals surface area contributed by atoms with Gasteiger partial charge in [-0.3, -0.25) is 4.79 Å². The Kier molecular flexibility index (Phi) is 3.36. The molecular weight excluding hydrogens is 258 g/mol. The third kappa shape index (κ3) is 2.20. The Balaban J connectivity index is 1.77. The number of hydrogen-bond donors (Lipinski definition) is 0. The van der Waals surface area contributed by atoms with Crippen LogP contribution in [0.3, 0.4) is 0 Å². The first-order chi connectivity index (χ1) is 8.92. The summed E-state index contributed by atoms with van der Waals surface area (Å²) < 4.78 is 0. The van der Waals surface area contributed by atoms with Crippen molar-refractivity contribution in [3.8, 4) is 0 Å². The fourth-order valence-electron chi connectivity index (χ4n) is 4.94. The summed E-state index contributed by atoms with van der Waals surface area (Å²) >= 11 is 6.03. The summed E-state index contributed by atoms with van der Waals surface area (Å²) in [5.74, 6) is 4.34. The van der Waals surface area contributed by atoms with Gasteiger partial charge in [0.2, 0.25) is 5.91 Å². The molecule has 1 amide bonds. The fraction of sp³-hybridized carbons (Fsp3) is 0.938. The molecule has 0 aromatic rings. The van der Waals surface area contributed by atoms with Gasteiger partial charge in [0.1, 0.15) is 0 Å². The monoisotopic (exact) mass is 283 g/mol. The molecule has 0 aliphatic heterocycles. The molecule has 0 radical (unpaired) electrons. The van der Waals surface area contributed by atoms with Crippen LogP contribution in [0.1, 0.15) is 46.0 Å². The molecule has 3 heteroatoms. The van der Waals surface area contributed by atoms with E-state index in [0.29, 0.717) is 29.5 Å². The Morgan fingerprint density at radius 3 is 2.00 bits per heavy atom. The molecule has 4 bridgehead atoms. The zero-order chi connectivity index (χ0) is 13.8. The molecule has 0 heterocycles. The van der Waals surface area contributed by atoms with Gasteiger partial charge < -0.3 is 4.90 Å². The highest BCUT2D eigenvalue weighted by molar-refractivity contribution is 6.18. The molecule has 0 unspecified atom stereocenters. The lowest BCUT2D eigenvalue weighted by Gasteiger charge is -2.55. The van der Waals surface area contributed by atoms with Crippen LogP contribution in [0.25, 0.3) is 0 Å². The number of hydrogen-bond acceptors (Lipinski definition) is 1. The minimum Gasteiger partial charge on any atom is -0.339 e. The van der Waals surface area contributed by atoms with Crippen LogP contribution in [-0.4, -0.2) is 29.3 Å². The molecule has 2 nitrogen and oxygen atoms in total. The Labute approximate surface area is 121 Å². The first-order valence-electron chi connectivity index (χ1n) is 7.76. The standard InChI is InChI=1S/C16H26ClNO/c1-16(2,9-17)18(3)15(19)14-12-5-10-4-11(7-12)8-13(14)6-10/h10-14H,4-9H2,1-3H3. The molecule has 0 N–H and O–H groups in total. The molecule has 108 valence electrons. The highest BCUT2D eigenvalue weighted by Gasteiger charge is 2.52. The van der Waals surface area contributed by atoms with Gasteiger partial charge in [-0.15, -0.1) is 11.6 Å². The minimum absolute atomic E-state index is 0.229. The van der Waals surface area contributed by atoms with Crippen molar-refractivity contribution in [2.24, 2.45) is 29.6 Å². The summed E-state index contributed by atoms with van der Waals surface area (Å²) in [7, 11) is 1.94. The predicted octanol–water partition coefficient (Wildman–Crippen LogP) is 3.53. The topological polar surface area (TPSA) is 20.3 Å². The van der Waals surface area contributed by atoms with Crippen molar-refractivity contribution in [2.75, 3.05) is 12.9 Å². The SMILES string of the molecule is CN(C(=O)C1C2CC3CC(C2)CC1C3)C(C)(C)CCl. The summed E-state index contributed by atoms with van der Waals surface area (Å²) in [5.41, 5.74) is -0.229. The van der Waals surface area contributed by atoms with Crippen molar-refractivity contribution in [3.63, 3.8) is 0 Å². The van der Waals surface area contributed by atoms with Crippen molar-refractivity contribution in [1.29, 1.82) is 0 Å². The molecule has 0 atom stereocenters. The zero-order valence-corrected chi connectivity index (χ0v) is 13.1. The molecule has 4 aliphatic rings. The summed E-state index contributed by atoms with van der Waals surface area (Å²) in [6.07, 6.45) is 6.66. The van der Waals surface area contributed by atoms with Crippen LogP contribution in [0.5, 0.6) is 0 Å². The maximum absolute atomic E-state index is 12.9. The average Bonchev–Trinajstić information content (AvgIpc) is 2.36. The van der Waals surface area contributed by atoms with Gasteiger partial charge in [0.25, 0.3) is 0 Å². The summed E-state index contributed by atoms with van der Waals surface area (Å²) in [5, 5.41) is 0. The smallest absolute Gasteiger partial charge is 0.226 e. The van der Waals surface area contributed by atoms with Crippen molar-refractivity contribution in [2.45, 2.75) is 51.5 Å². The van der Waals surface area contributed by atoms with E-state index in [-0.39, 0.29) is 5.54 Å². The molecule has 4 fully saturated rings. The van der Waals surface area contributed by atoms with E-state index >= 15 is 0 Å². The zero-order valence-electron chi connectivity index (χ0n) is 12.4. The van der Waals surface area contributed by atoms with Crippen LogP contribution in [0.15, 0.2) is 0 Å². The van der Waals surface area contributed by atoms with Gasteiger partial charge in [0.15, 0.2) is 0 Å². The number of carbonyl (C=O) groups excluding carboxylic acids is 1. The van der Waals surface area contributed by atoms with Crippen LogP contribution >= 0.6 is 11.6 Å². The molecular formula is C16H26ClNO. The van der Waals surface area contributed by atoms with Crippen molar-refractivity contribution in [1.82, 2.24) is 4.90 Å². The highest BCUT2D eigenvalue weighted by atomic mass is 35.5. The highest BCUT2D eigenvalue weighted by Crippen LogP contribution is 2.57.